The van der Waals surface area contributed by atoms with E-state index in [1.807, 2.05) is 0 Å². The van der Waals surface area contributed by atoms with Crippen LogP contribution in [-0.2, 0) is 0 Å². The Morgan fingerprint density at radius 2 is 1.17 bits per heavy atom. The molecule has 0 unspecified atom stereocenters. The Hall–Kier alpha value is -2.40. The van der Waals surface area contributed by atoms with E-state index in [1.54, 1.807) is 0 Å². The van der Waals surface area contributed by atoms with Gasteiger partial charge in [-0.2, -0.15) is 10.0 Å². The predicted molar refractivity (Wildman–Crippen MR) is 80.1 cm³/mol. The van der Waals surface area contributed by atoms with E-state index in [4.69, 9.17) is 0 Å². The summed E-state index contributed by atoms with van der Waals surface area (Å²) in [4.78, 5) is 44.2. The summed E-state index contributed by atoms with van der Waals surface area (Å²) in [5.74, 6) is 0. The van der Waals surface area contributed by atoms with E-state index in [-0.39, 0.29) is 12.1 Å². The van der Waals surface area contributed by atoms with E-state index in [9.17, 15) is 28.2 Å². The molecule has 0 aromatic heterocycles. The summed E-state index contributed by atoms with van der Waals surface area (Å²) in [7, 11) is 0. The number of carbonyl (C=O) groups is 2. The lowest BCUT2D eigenvalue weighted by atomic mass is 9.91. The maximum Gasteiger partial charge on any atom is 0.340 e. The SMILES string of the molecule is O=NN(CCF)C(=O)NC1CCC(NC(=O)N(CCF)N=O)CC1. The molecule has 1 rings (SSSR count). The zero-order valence-corrected chi connectivity index (χ0v) is 13.0. The highest BCUT2D eigenvalue weighted by atomic mass is 19.1. The number of rotatable bonds is 8. The summed E-state index contributed by atoms with van der Waals surface area (Å²) in [6, 6.07) is -2.01. The minimum absolute atomic E-state index is 0.236. The first-order chi connectivity index (χ1) is 11.5. The summed E-state index contributed by atoms with van der Waals surface area (Å²) >= 11 is 0. The van der Waals surface area contributed by atoms with Crippen molar-refractivity contribution in [2.24, 2.45) is 10.6 Å². The highest BCUT2D eigenvalue weighted by molar-refractivity contribution is 5.74. The minimum Gasteiger partial charge on any atom is -0.334 e. The Labute approximate surface area is 136 Å². The third-order valence-corrected chi connectivity index (χ3v) is 3.64. The molecule has 1 fully saturated rings. The van der Waals surface area contributed by atoms with Gasteiger partial charge in [0.25, 0.3) is 0 Å². The molecular formula is C12H20F2N6O4. The fourth-order valence-electron chi connectivity index (χ4n) is 2.40. The van der Waals surface area contributed by atoms with Gasteiger partial charge in [-0.05, 0) is 25.7 Å². The molecule has 0 atom stereocenters. The number of alkyl halides is 2. The first kappa shape index (κ1) is 19.6. The molecule has 2 N–H and O–H groups in total. The monoisotopic (exact) mass is 350 g/mol. The molecule has 0 heterocycles. The van der Waals surface area contributed by atoms with Crippen molar-refractivity contribution in [3.63, 3.8) is 0 Å². The number of nitrogens with zero attached hydrogens (tertiary/aromatic N) is 4. The van der Waals surface area contributed by atoms with Gasteiger partial charge < -0.3 is 10.6 Å². The summed E-state index contributed by atoms with van der Waals surface area (Å²) < 4.78 is 24.3. The third-order valence-electron chi connectivity index (χ3n) is 3.64. The molecule has 4 amide bonds. The van der Waals surface area contributed by atoms with E-state index in [0.29, 0.717) is 35.7 Å². The Balaban J connectivity index is 2.38. The third kappa shape index (κ3) is 6.01. The maximum absolute atomic E-state index is 12.2. The van der Waals surface area contributed by atoms with Crippen LogP contribution in [0.3, 0.4) is 0 Å². The molecule has 1 saturated carbocycles. The second-order valence-electron chi connectivity index (χ2n) is 5.24. The van der Waals surface area contributed by atoms with Crippen molar-refractivity contribution in [2.45, 2.75) is 37.8 Å². The van der Waals surface area contributed by atoms with Gasteiger partial charge in [0.15, 0.2) is 0 Å². The van der Waals surface area contributed by atoms with Crippen LogP contribution >= 0.6 is 0 Å². The molecule has 136 valence electrons. The van der Waals surface area contributed by atoms with E-state index in [1.165, 1.54) is 0 Å². The summed E-state index contributed by atoms with van der Waals surface area (Å²) in [6.07, 6.45) is 2.04. The first-order valence-electron chi connectivity index (χ1n) is 7.50. The number of amides is 4. The lowest BCUT2D eigenvalue weighted by Gasteiger charge is -2.30. The molecule has 0 spiro atoms. The molecule has 0 bridgehead atoms. The van der Waals surface area contributed by atoms with Crippen LogP contribution in [0.4, 0.5) is 18.4 Å². The van der Waals surface area contributed by atoms with Crippen molar-refractivity contribution < 1.29 is 18.4 Å². The predicted octanol–water partition coefficient (Wildman–Crippen LogP) is 1.62. The lowest BCUT2D eigenvalue weighted by Crippen LogP contribution is -2.49. The summed E-state index contributed by atoms with van der Waals surface area (Å²) in [5, 5.41) is 11.0. The number of carbonyl (C=O) groups excluding carboxylic acids is 2. The molecule has 0 aromatic carbocycles. The molecule has 12 heteroatoms. The molecule has 0 saturated heterocycles. The second kappa shape index (κ2) is 10.4. The van der Waals surface area contributed by atoms with Gasteiger partial charge in [0.1, 0.15) is 13.3 Å². The van der Waals surface area contributed by atoms with Crippen molar-refractivity contribution >= 4 is 12.1 Å². The Kier molecular flexibility index (Phi) is 8.50. The Morgan fingerprint density at radius 3 is 1.42 bits per heavy atom. The van der Waals surface area contributed by atoms with Gasteiger partial charge in [-0.1, -0.05) is 0 Å². The van der Waals surface area contributed by atoms with Crippen molar-refractivity contribution in [1.82, 2.24) is 20.7 Å². The molecule has 1 aliphatic carbocycles. The number of hydrogen-bond donors (Lipinski definition) is 2. The van der Waals surface area contributed by atoms with Crippen LogP contribution in [0.2, 0.25) is 0 Å². The smallest absolute Gasteiger partial charge is 0.334 e. The van der Waals surface area contributed by atoms with Gasteiger partial charge in [0.2, 0.25) is 0 Å². The highest BCUT2D eigenvalue weighted by Gasteiger charge is 2.26. The van der Waals surface area contributed by atoms with Crippen LogP contribution in [0.5, 0.6) is 0 Å². The molecular weight excluding hydrogens is 330 g/mol. The minimum atomic E-state index is -0.877. The van der Waals surface area contributed by atoms with Gasteiger partial charge in [-0.25, -0.2) is 18.4 Å². The second-order valence-corrected chi connectivity index (χ2v) is 5.24. The van der Waals surface area contributed by atoms with E-state index < -0.39 is 38.5 Å². The van der Waals surface area contributed by atoms with Gasteiger partial charge in [0.05, 0.1) is 23.7 Å². The van der Waals surface area contributed by atoms with Gasteiger partial charge in [0, 0.05) is 12.1 Å². The number of urea groups is 2. The first-order valence-corrected chi connectivity index (χ1v) is 7.50. The van der Waals surface area contributed by atoms with Crippen LogP contribution in [0.15, 0.2) is 10.6 Å². The largest absolute Gasteiger partial charge is 0.340 e. The van der Waals surface area contributed by atoms with Crippen molar-refractivity contribution in [3.05, 3.63) is 9.81 Å². The van der Waals surface area contributed by atoms with Crippen LogP contribution in [0, 0.1) is 9.81 Å². The fourth-order valence-corrected chi connectivity index (χ4v) is 2.40. The number of nitrogens with one attached hydrogen (secondary N) is 2. The van der Waals surface area contributed by atoms with Crippen molar-refractivity contribution in [2.75, 3.05) is 26.4 Å². The molecule has 1 aliphatic rings. The molecule has 0 aliphatic heterocycles. The van der Waals surface area contributed by atoms with Crippen LogP contribution in [0.1, 0.15) is 25.7 Å². The van der Waals surface area contributed by atoms with E-state index in [2.05, 4.69) is 21.2 Å². The van der Waals surface area contributed by atoms with Crippen LogP contribution in [0.25, 0.3) is 0 Å². The zero-order valence-electron chi connectivity index (χ0n) is 13.0. The average molecular weight is 350 g/mol. The topological polar surface area (TPSA) is 124 Å². The molecule has 0 radical (unpaired) electrons. The van der Waals surface area contributed by atoms with Gasteiger partial charge in [-0.15, -0.1) is 9.81 Å². The van der Waals surface area contributed by atoms with E-state index >= 15 is 0 Å². The van der Waals surface area contributed by atoms with Gasteiger partial charge >= 0.3 is 12.1 Å². The maximum atomic E-state index is 12.2. The Morgan fingerprint density at radius 1 is 0.833 bits per heavy atom. The standard InChI is InChI=1S/C12H20F2N6O4/c13-5-7-19(17-23)11(21)15-9-1-2-10(4-3-9)16-12(22)20(18-24)8-6-14/h9-10H,1-8H2,(H,15,21)(H,16,22). The number of nitroso groups, excluding NO2 is 2. The zero-order chi connectivity index (χ0) is 17.9. The van der Waals surface area contributed by atoms with E-state index in [0.717, 1.165) is 0 Å². The molecule has 10 nitrogen and oxygen atoms in total. The summed E-state index contributed by atoms with van der Waals surface area (Å²) in [5.41, 5.74) is 0. The fraction of sp³-hybridized carbons (Fsp3) is 0.833. The average Bonchev–Trinajstić information content (AvgIpc) is 2.58. The van der Waals surface area contributed by atoms with Crippen LogP contribution < -0.4 is 10.6 Å². The van der Waals surface area contributed by atoms with Gasteiger partial charge in [-0.3, -0.25) is 0 Å². The molecule has 24 heavy (non-hydrogen) atoms. The van der Waals surface area contributed by atoms with Crippen molar-refractivity contribution in [3.8, 4) is 0 Å². The number of halogens is 2. The normalized spacial score (nSPS) is 19.9. The quantitative estimate of drug-likeness (QED) is 0.510. The molecule has 0 aromatic rings. The Bertz CT molecular complexity index is 407. The van der Waals surface area contributed by atoms with Crippen LogP contribution in [-0.4, -0.2) is 60.6 Å². The lowest BCUT2D eigenvalue weighted by molar-refractivity contribution is 0.177. The number of hydrogen-bond acceptors (Lipinski definition) is 6. The summed E-state index contributed by atoms with van der Waals surface area (Å²) in [6.45, 7) is -2.58. The van der Waals surface area contributed by atoms with Crippen molar-refractivity contribution in [1.29, 1.82) is 0 Å². The highest BCUT2D eigenvalue weighted by Crippen LogP contribution is 2.19.